The summed E-state index contributed by atoms with van der Waals surface area (Å²) in [6.45, 7) is 5.71. The summed E-state index contributed by atoms with van der Waals surface area (Å²) < 4.78 is 29.6. The number of aryl methyl sites for hydroxylation is 1. The van der Waals surface area contributed by atoms with Gasteiger partial charge in [-0.05, 0) is 12.8 Å². The normalized spacial score (nSPS) is 14.9. The van der Waals surface area contributed by atoms with Crippen molar-refractivity contribution < 1.29 is 8.42 Å². The van der Waals surface area contributed by atoms with Crippen molar-refractivity contribution in [3.05, 3.63) is 17.8 Å². The summed E-state index contributed by atoms with van der Waals surface area (Å²) >= 11 is 0. The van der Waals surface area contributed by atoms with E-state index in [1.807, 2.05) is 27.9 Å². The van der Waals surface area contributed by atoms with E-state index < -0.39 is 10.0 Å². The number of hydrogen-bond acceptors (Lipinski definition) is 8. The van der Waals surface area contributed by atoms with E-state index in [2.05, 4.69) is 29.6 Å². The first-order valence-electron chi connectivity index (χ1n) is 9.37. The van der Waals surface area contributed by atoms with Crippen LogP contribution in [0.2, 0.25) is 0 Å². The molecule has 0 aromatic carbocycles. The van der Waals surface area contributed by atoms with Gasteiger partial charge in [0.25, 0.3) is 10.0 Å². The number of hydrogen-bond donors (Lipinski definition) is 1. The molecule has 0 aliphatic carbocycles. The van der Waals surface area contributed by atoms with Crippen LogP contribution in [0.25, 0.3) is 0 Å². The molecule has 1 aliphatic heterocycles. The molecular formula is C17H28N8O2S. The molecule has 154 valence electrons. The van der Waals surface area contributed by atoms with Crippen LogP contribution in [-0.2, 0) is 23.6 Å². The fourth-order valence-electron chi connectivity index (χ4n) is 3.08. The third-order valence-electron chi connectivity index (χ3n) is 4.55. The summed E-state index contributed by atoms with van der Waals surface area (Å²) in [5.74, 6) is 2.32. The van der Waals surface area contributed by atoms with Crippen molar-refractivity contribution in [1.29, 1.82) is 0 Å². The molecule has 0 spiro atoms. The lowest BCUT2D eigenvalue weighted by atomic mass is 10.2. The van der Waals surface area contributed by atoms with Gasteiger partial charge < -0.3 is 14.4 Å². The highest BCUT2D eigenvalue weighted by molar-refractivity contribution is 7.89. The Bertz CT molecular complexity index is 933. The van der Waals surface area contributed by atoms with Gasteiger partial charge in [-0.15, -0.1) is 0 Å². The average Bonchev–Trinajstić information content (AvgIpc) is 3.29. The summed E-state index contributed by atoms with van der Waals surface area (Å²) in [6, 6.07) is 0. The number of aromatic nitrogens is 5. The number of sulfonamides is 1. The lowest BCUT2D eigenvalue weighted by Crippen LogP contribution is -2.28. The molecule has 3 heterocycles. The first-order valence-corrected chi connectivity index (χ1v) is 10.9. The Hall–Kier alpha value is -2.27. The van der Waals surface area contributed by atoms with Crippen molar-refractivity contribution in [3.8, 4) is 0 Å². The highest BCUT2D eigenvalue weighted by Crippen LogP contribution is 2.19. The fraction of sp³-hybridized carbons (Fsp3) is 0.647. The van der Waals surface area contributed by atoms with E-state index in [1.54, 1.807) is 16.5 Å². The minimum absolute atomic E-state index is 0.000329. The number of imidazole rings is 1. The van der Waals surface area contributed by atoms with Crippen LogP contribution in [0.1, 0.15) is 44.3 Å². The van der Waals surface area contributed by atoms with Crippen LogP contribution >= 0.6 is 0 Å². The van der Waals surface area contributed by atoms with Gasteiger partial charge in [-0.25, -0.2) is 18.1 Å². The monoisotopic (exact) mass is 408 g/mol. The quantitative estimate of drug-likeness (QED) is 0.719. The molecule has 0 unspecified atom stereocenters. The van der Waals surface area contributed by atoms with Crippen LogP contribution in [0.15, 0.2) is 11.2 Å². The maximum atomic E-state index is 12.7. The first kappa shape index (κ1) is 20.5. The molecule has 1 aliphatic rings. The van der Waals surface area contributed by atoms with Gasteiger partial charge in [0, 0.05) is 46.3 Å². The second kappa shape index (κ2) is 8.00. The summed E-state index contributed by atoms with van der Waals surface area (Å²) in [6.07, 6.45) is 3.72. The zero-order valence-electron chi connectivity index (χ0n) is 17.0. The molecule has 1 saturated heterocycles. The molecule has 0 atom stereocenters. The maximum absolute atomic E-state index is 12.7. The van der Waals surface area contributed by atoms with Gasteiger partial charge in [-0.2, -0.15) is 15.0 Å². The zero-order chi connectivity index (χ0) is 20.5. The van der Waals surface area contributed by atoms with E-state index in [4.69, 9.17) is 0 Å². The van der Waals surface area contributed by atoms with Gasteiger partial charge in [0.2, 0.25) is 11.9 Å². The summed E-state index contributed by atoms with van der Waals surface area (Å²) in [7, 11) is 1.71. The molecule has 28 heavy (non-hydrogen) atoms. The van der Waals surface area contributed by atoms with Crippen LogP contribution in [-0.4, -0.2) is 60.1 Å². The van der Waals surface area contributed by atoms with Gasteiger partial charge in [-0.1, -0.05) is 13.8 Å². The van der Waals surface area contributed by atoms with Crippen LogP contribution in [0, 0.1) is 0 Å². The lowest BCUT2D eigenvalue weighted by Gasteiger charge is -2.18. The Labute approximate surface area is 166 Å². The second-order valence-electron chi connectivity index (χ2n) is 7.47. The smallest absolute Gasteiger partial charge is 0.260 e. The van der Waals surface area contributed by atoms with Crippen LogP contribution in [0.3, 0.4) is 0 Å². The highest BCUT2D eigenvalue weighted by Gasteiger charge is 2.22. The molecule has 0 bridgehead atoms. The Kier molecular flexibility index (Phi) is 5.84. The van der Waals surface area contributed by atoms with Crippen LogP contribution in [0.5, 0.6) is 0 Å². The van der Waals surface area contributed by atoms with E-state index in [0.717, 1.165) is 25.9 Å². The predicted octanol–water partition coefficient (Wildman–Crippen LogP) is 0.873. The van der Waals surface area contributed by atoms with Crippen molar-refractivity contribution in [2.24, 2.45) is 7.05 Å². The largest absolute Gasteiger partial charge is 0.347 e. The van der Waals surface area contributed by atoms with Crippen LogP contribution < -0.4 is 14.5 Å². The Morgan fingerprint density at radius 1 is 1.14 bits per heavy atom. The molecule has 0 radical (unpaired) electrons. The van der Waals surface area contributed by atoms with Crippen molar-refractivity contribution in [1.82, 2.24) is 29.2 Å². The van der Waals surface area contributed by atoms with Gasteiger partial charge in [0.05, 0.1) is 6.54 Å². The maximum Gasteiger partial charge on any atom is 0.260 e. The first-order chi connectivity index (χ1) is 13.2. The molecule has 2 aromatic heterocycles. The standard InChI is InChI=1S/C17H28N8O2S/c1-12(2)15-21-14(11-24(15)5)28(26,27)18-10-13-19-16(23(3)4)22-17(20-13)25-8-6-7-9-25/h11-12,18H,6-10H2,1-5H3. The molecule has 0 saturated carbocycles. The Morgan fingerprint density at radius 3 is 2.39 bits per heavy atom. The van der Waals surface area contributed by atoms with E-state index in [0.29, 0.717) is 23.5 Å². The molecule has 1 N–H and O–H groups in total. The Balaban J connectivity index is 1.82. The van der Waals surface area contributed by atoms with Crippen molar-refractivity contribution >= 4 is 21.9 Å². The minimum atomic E-state index is -3.77. The summed E-state index contributed by atoms with van der Waals surface area (Å²) in [5.41, 5.74) is 0. The number of nitrogens with one attached hydrogen (secondary N) is 1. The van der Waals surface area contributed by atoms with Gasteiger partial charge in [0.15, 0.2) is 10.9 Å². The van der Waals surface area contributed by atoms with Crippen molar-refractivity contribution in [2.45, 2.75) is 44.2 Å². The lowest BCUT2D eigenvalue weighted by molar-refractivity contribution is 0.575. The van der Waals surface area contributed by atoms with Crippen molar-refractivity contribution in [2.75, 3.05) is 37.0 Å². The number of rotatable bonds is 7. The van der Waals surface area contributed by atoms with Gasteiger partial charge in [-0.3, -0.25) is 0 Å². The molecule has 2 aromatic rings. The molecule has 0 amide bonds. The summed E-state index contributed by atoms with van der Waals surface area (Å²) in [4.78, 5) is 21.5. The average molecular weight is 409 g/mol. The second-order valence-corrected chi connectivity index (χ2v) is 9.18. The van der Waals surface area contributed by atoms with Gasteiger partial charge in [0.1, 0.15) is 5.82 Å². The Morgan fingerprint density at radius 2 is 1.82 bits per heavy atom. The molecule has 3 rings (SSSR count). The third-order valence-corrected chi connectivity index (χ3v) is 5.82. The van der Waals surface area contributed by atoms with E-state index in [-0.39, 0.29) is 17.5 Å². The fourth-order valence-corrected chi connectivity index (χ4v) is 4.06. The van der Waals surface area contributed by atoms with E-state index in [1.165, 1.54) is 6.20 Å². The van der Waals surface area contributed by atoms with E-state index >= 15 is 0 Å². The topological polar surface area (TPSA) is 109 Å². The molecular weight excluding hydrogens is 380 g/mol. The summed E-state index contributed by atoms with van der Waals surface area (Å²) in [5, 5.41) is 0.000329. The van der Waals surface area contributed by atoms with Crippen molar-refractivity contribution in [3.63, 3.8) is 0 Å². The number of anilines is 2. The molecule has 10 nitrogen and oxygen atoms in total. The predicted molar refractivity (Wildman–Crippen MR) is 107 cm³/mol. The highest BCUT2D eigenvalue weighted by atomic mass is 32.2. The zero-order valence-corrected chi connectivity index (χ0v) is 17.9. The third kappa shape index (κ3) is 4.41. The minimum Gasteiger partial charge on any atom is -0.347 e. The van der Waals surface area contributed by atoms with Gasteiger partial charge >= 0.3 is 0 Å². The van der Waals surface area contributed by atoms with Crippen LogP contribution in [0.4, 0.5) is 11.9 Å². The molecule has 11 heteroatoms. The van der Waals surface area contributed by atoms with E-state index in [9.17, 15) is 8.42 Å². The molecule has 1 fully saturated rings. The number of nitrogens with zero attached hydrogens (tertiary/aromatic N) is 7. The SMILES string of the molecule is CC(C)c1nc(S(=O)(=O)NCc2nc(N(C)C)nc(N3CCCC3)n2)cn1C.